The molecule has 1 heterocycles. The van der Waals surface area contributed by atoms with Gasteiger partial charge in [-0.2, -0.15) is 0 Å². The van der Waals surface area contributed by atoms with Gasteiger partial charge in [-0.25, -0.2) is 4.79 Å². The van der Waals surface area contributed by atoms with E-state index in [0.717, 1.165) is 23.5 Å². The highest BCUT2D eigenvalue weighted by Gasteiger charge is 2.36. The maximum atomic E-state index is 12.8. The van der Waals surface area contributed by atoms with Crippen molar-refractivity contribution in [2.45, 2.75) is 58.5 Å². The zero-order valence-corrected chi connectivity index (χ0v) is 21.1. The topological polar surface area (TPSA) is 162 Å². The van der Waals surface area contributed by atoms with Crippen molar-refractivity contribution in [1.29, 1.82) is 0 Å². The molecule has 1 N–H and O–H groups in total. The van der Waals surface area contributed by atoms with Crippen LogP contribution in [0.25, 0.3) is 0 Å². The number of esters is 1. The molecule has 0 bridgehead atoms. The maximum Gasteiger partial charge on any atom is 0.329 e. The van der Waals surface area contributed by atoms with E-state index in [4.69, 9.17) is 4.74 Å². The molecule has 1 rings (SSSR count). The number of hydrogen-bond donors (Lipinski definition) is 1. The van der Waals surface area contributed by atoms with Crippen LogP contribution in [0.3, 0.4) is 0 Å². The van der Waals surface area contributed by atoms with Gasteiger partial charge in [0.15, 0.2) is 5.12 Å². The number of amides is 2. The van der Waals surface area contributed by atoms with Gasteiger partial charge >= 0.3 is 5.97 Å². The first-order valence-corrected chi connectivity index (χ1v) is 12.8. The fourth-order valence-electron chi connectivity index (χ4n) is 3.16. The summed E-state index contributed by atoms with van der Waals surface area (Å²) in [5.41, 5.74) is 0. The molecule has 2 amide bonds. The molecule has 1 unspecified atom stereocenters. The van der Waals surface area contributed by atoms with Gasteiger partial charge in [0.05, 0.1) is 13.2 Å². The Morgan fingerprint density at radius 2 is 1.79 bits per heavy atom. The van der Waals surface area contributed by atoms with E-state index < -0.39 is 35.0 Å². The van der Waals surface area contributed by atoms with Crippen molar-refractivity contribution in [2.75, 3.05) is 31.3 Å². The van der Waals surface area contributed by atoms with Crippen LogP contribution in [-0.4, -0.2) is 81.3 Å². The summed E-state index contributed by atoms with van der Waals surface area (Å²) in [5, 5.41) is 11.3. The highest BCUT2D eigenvalue weighted by Crippen LogP contribution is 2.26. The van der Waals surface area contributed by atoms with Crippen molar-refractivity contribution in [1.82, 2.24) is 10.2 Å². The van der Waals surface area contributed by atoms with Gasteiger partial charge in [-0.05, 0) is 25.7 Å². The number of carbonyl (C=O) groups excluding carboxylic acids is 5. The van der Waals surface area contributed by atoms with Crippen LogP contribution in [0.2, 0.25) is 0 Å². The zero-order valence-electron chi connectivity index (χ0n) is 19.5. The number of unbranched alkanes of at least 4 members (excludes halogenated alkanes) is 1. The Labute approximate surface area is 206 Å². The second kappa shape index (κ2) is 15.5. The number of rotatable bonds is 14. The standard InChI is InChI=1S/C20H31N3O9S2/c1-13(11-33-15(3)25)18(26)22-8-6-7-17(22)20(28)34-12-16(21-14(2)24)19(27)31-9-4-5-10-32-23(29)30/h13,16-17H,4-12H2,1-3H3,(H,21,24)/t13-,16?,17+/m1/s1. The minimum atomic E-state index is -1.06. The van der Waals surface area contributed by atoms with Crippen LogP contribution in [0, 0.1) is 16.0 Å². The number of hydrogen-bond acceptors (Lipinski definition) is 11. The lowest BCUT2D eigenvalue weighted by atomic mass is 10.1. The molecule has 1 saturated heterocycles. The molecule has 1 aliphatic rings. The average Bonchev–Trinajstić information content (AvgIpc) is 3.25. The van der Waals surface area contributed by atoms with Crippen molar-refractivity contribution in [3.8, 4) is 0 Å². The molecule has 1 aliphatic heterocycles. The Bertz CT molecular complexity index is 766. The lowest BCUT2D eigenvalue weighted by Crippen LogP contribution is -2.45. The summed E-state index contributed by atoms with van der Waals surface area (Å²) in [6.45, 7) is 4.70. The van der Waals surface area contributed by atoms with E-state index in [1.165, 1.54) is 18.7 Å². The van der Waals surface area contributed by atoms with Crippen LogP contribution in [0.1, 0.15) is 46.5 Å². The van der Waals surface area contributed by atoms with Crippen molar-refractivity contribution >= 4 is 51.5 Å². The summed E-state index contributed by atoms with van der Waals surface area (Å²) >= 11 is 1.92. The maximum absolute atomic E-state index is 12.8. The van der Waals surface area contributed by atoms with Crippen molar-refractivity contribution in [3.05, 3.63) is 10.1 Å². The van der Waals surface area contributed by atoms with E-state index in [1.807, 2.05) is 0 Å². The predicted octanol–water partition coefficient (Wildman–Crippen LogP) is 1.19. The van der Waals surface area contributed by atoms with Gasteiger partial charge in [-0.15, -0.1) is 10.1 Å². The third-order valence-corrected chi connectivity index (χ3v) is 6.93. The molecule has 3 atom stereocenters. The summed E-state index contributed by atoms with van der Waals surface area (Å²) < 4.78 is 5.11. The lowest BCUT2D eigenvalue weighted by molar-refractivity contribution is -0.757. The van der Waals surface area contributed by atoms with Crippen molar-refractivity contribution in [3.63, 3.8) is 0 Å². The molecule has 0 radical (unpaired) electrons. The van der Waals surface area contributed by atoms with Gasteiger partial charge in [0.25, 0.3) is 5.09 Å². The minimum absolute atomic E-state index is 0.0182. The van der Waals surface area contributed by atoms with Crippen LogP contribution < -0.4 is 5.32 Å². The van der Waals surface area contributed by atoms with Crippen LogP contribution in [0.15, 0.2) is 0 Å². The van der Waals surface area contributed by atoms with Gasteiger partial charge in [0.1, 0.15) is 12.1 Å². The molecule has 12 nitrogen and oxygen atoms in total. The number of carbonyl (C=O) groups is 5. The highest BCUT2D eigenvalue weighted by atomic mass is 32.2. The largest absolute Gasteiger partial charge is 0.464 e. The van der Waals surface area contributed by atoms with Crippen LogP contribution in [0.5, 0.6) is 0 Å². The first kappa shape index (κ1) is 29.7. The second-order valence-electron chi connectivity index (χ2n) is 7.71. The Morgan fingerprint density at radius 3 is 2.41 bits per heavy atom. The smallest absolute Gasteiger partial charge is 0.329 e. The molecule has 0 aromatic carbocycles. The van der Waals surface area contributed by atoms with Gasteiger partial charge in [-0.3, -0.25) is 19.2 Å². The number of nitrogens with one attached hydrogen (secondary N) is 1. The Kier molecular flexibility index (Phi) is 13.6. The quantitative estimate of drug-likeness (QED) is 0.151. The first-order chi connectivity index (χ1) is 16.0. The molecular weight excluding hydrogens is 490 g/mol. The van der Waals surface area contributed by atoms with Crippen molar-refractivity contribution < 1.29 is 38.6 Å². The molecule has 34 heavy (non-hydrogen) atoms. The van der Waals surface area contributed by atoms with Gasteiger partial charge < -0.3 is 19.8 Å². The molecular formula is C20H31N3O9S2. The molecule has 0 saturated carbocycles. The van der Waals surface area contributed by atoms with Gasteiger partial charge in [0.2, 0.25) is 16.9 Å². The average molecular weight is 522 g/mol. The highest BCUT2D eigenvalue weighted by molar-refractivity contribution is 8.14. The van der Waals surface area contributed by atoms with E-state index in [1.54, 1.807) is 6.92 Å². The monoisotopic (exact) mass is 521 g/mol. The third kappa shape index (κ3) is 11.2. The normalized spacial score (nSPS) is 16.9. The molecule has 1 fully saturated rings. The minimum Gasteiger partial charge on any atom is -0.464 e. The summed E-state index contributed by atoms with van der Waals surface area (Å²) in [6.07, 6.45) is 1.82. The summed E-state index contributed by atoms with van der Waals surface area (Å²) in [6, 6.07) is -1.68. The molecule has 0 aliphatic carbocycles. The summed E-state index contributed by atoms with van der Waals surface area (Å²) in [7, 11) is 0. The number of thioether (sulfide) groups is 2. The predicted molar refractivity (Wildman–Crippen MR) is 125 cm³/mol. The van der Waals surface area contributed by atoms with E-state index in [2.05, 4.69) is 10.2 Å². The van der Waals surface area contributed by atoms with E-state index in [9.17, 15) is 34.1 Å². The van der Waals surface area contributed by atoms with E-state index in [-0.39, 0.29) is 35.1 Å². The summed E-state index contributed by atoms with van der Waals surface area (Å²) in [5.74, 6) is -1.51. The Hall–Kier alpha value is -2.35. The lowest BCUT2D eigenvalue weighted by Gasteiger charge is -2.26. The third-order valence-electron chi connectivity index (χ3n) is 4.80. The van der Waals surface area contributed by atoms with Crippen LogP contribution in [-0.2, 0) is 33.5 Å². The Balaban J connectivity index is 2.58. The Morgan fingerprint density at radius 1 is 1.12 bits per heavy atom. The SMILES string of the molecule is CC(=O)NC(CSC(=O)[C@@H]1CCCN1C(=O)[C@H](C)CSC(C)=O)C(=O)OCCCCO[N+](=O)[O-]. The van der Waals surface area contributed by atoms with E-state index in [0.29, 0.717) is 38.0 Å². The molecule has 192 valence electrons. The number of nitrogens with zero attached hydrogens (tertiary/aromatic N) is 2. The summed E-state index contributed by atoms with van der Waals surface area (Å²) in [4.78, 5) is 76.4. The molecule has 0 spiro atoms. The van der Waals surface area contributed by atoms with Gasteiger partial charge in [-0.1, -0.05) is 30.4 Å². The molecule has 0 aromatic rings. The number of ether oxygens (including phenoxy) is 1. The second-order valence-corrected chi connectivity index (χ2v) is 9.93. The number of likely N-dealkylation sites (tertiary alicyclic amines) is 1. The first-order valence-electron chi connectivity index (χ1n) is 10.8. The van der Waals surface area contributed by atoms with Crippen LogP contribution in [0.4, 0.5) is 0 Å². The van der Waals surface area contributed by atoms with Gasteiger partial charge in [0, 0.05) is 37.8 Å². The fraction of sp³-hybridized carbons (Fsp3) is 0.750. The van der Waals surface area contributed by atoms with Crippen LogP contribution >= 0.6 is 23.5 Å². The van der Waals surface area contributed by atoms with Crippen molar-refractivity contribution in [2.24, 2.45) is 5.92 Å². The zero-order chi connectivity index (χ0) is 25.7. The molecule has 14 heteroatoms. The molecule has 0 aromatic heterocycles. The van der Waals surface area contributed by atoms with E-state index >= 15 is 0 Å². The fourth-order valence-corrected chi connectivity index (χ4v) is 4.78.